The lowest BCUT2D eigenvalue weighted by Crippen LogP contribution is -2.39. The third-order valence-corrected chi connectivity index (χ3v) is 5.31. The van der Waals surface area contributed by atoms with Crippen molar-refractivity contribution in [2.24, 2.45) is 5.73 Å². The van der Waals surface area contributed by atoms with E-state index >= 15 is 0 Å². The summed E-state index contributed by atoms with van der Waals surface area (Å²) in [4.78, 5) is 10.9. The third kappa shape index (κ3) is 3.40. The number of sulfonamides is 1. The number of nitrogens with one attached hydrogen (secondary N) is 1. The number of aliphatic hydroxyl groups is 2. The van der Waals surface area contributed by atoms with Crippen LogP contribution in [0.15, 0.2) is 10.3 Å². The quantitative estimate of drug-likeness (QED) is 0.542. The molecular formula is C8H11ClN2O5S2. The van der Waals surface area contributed by atoms with Crippen LogP contribution in [0.5, 0.6) is 0 Å². The monoisotopic (exact) mass is 314 g/mol. The number of thiophene rings is 1. The average Bonchev–Trinajstić information content (AvgIpc) is 2.69. The fourth-order valence-corrected chi connectivity index (χ4v) is 4.02. The minimum atomic E-state index is -3.96. The van der Waals surface area contributed by atoms with Crippen molar-refractivity contribution in [2.75, 3.05) is 13.2 Å². The van der Waals surface area contributed by atoms with Gasteiger partial charge in [-0.05, 0) is 6.07 Å². The molecule has 5 N–H and O–H groups in total. The van der Waals surface area contributed by atoms with E-state index in [1.807, 2.05) is 0 Å². The Morgan fingerprint density at radius 2 is 2.06 bits per heavy atom. The number of primary amides is 1. The molecule has 1 aromatic heterocycles. The van der Waals surface area contributed by atoms with Crippen LogP contribution in [-0.2, 0) is 10.0 Å². The highest BCUT2D eigenvalue weighted by Crippen LogP contribution is 2.30. The predicted octanol–water partition coefficient (Wildman–Crippen LogP) is -0.868. The van der Waals surface area contributed by atoms with Gasteiger partial charge < -0.3 is 15.9 Å². The van der Waals surface area contributed by atoms with E-state index in [0.717, 1.165) is 6.07 Å². The van der Waals surface area contributed by atoms with Crippen LogP contribution in [0.1, 0.15) is 10.4 Å². The molecule has 1 aromatic rings. The van der Waals surface area contributed by atoms with Crippen molar-refractivity contribution < 1.29 is 23.4 Å². The Morgan fingerprint density at radius 3 is 2.44 bits per heavy atom. The molecule has 0 aromatic carbocycles. The van der Waals surface area contributed by atoms with Crippen LogP contribution in [-0.4, -0.2) is 43.8 Å². The lowest BCUT2D eigenvalue weighted by Gasteiger charge is -2.12. The first-order valence-electron chi connectivity index (χ1n) is 4.65. The van der Waals surface area contributed by atoms with E-state index in [-0.39, 0.29) is 14.1 Å². The van der Waals surface area contributed by atoms with Crippen molar-refractivity contribution in [1.29, 1.82) is 0 Å². The summed E-state index contributed by atoms with van der Waals surface area (Å²) in [5, 5.41) is 17.6. The van der Waals surface area contributed by atoms with Gasteiger partial charge in [0.05, 0.1) is 24.8 Å². The van der Waals surface area contributed by atoms with Gasteiger partial charge in [-0.3, -0.25) is 4.79 Å². The van der Waals surface area contributed by atoms with E-state index in [1.165, 1.54) is 0 Å². The molecule has 102 valence electrons. The number of carbonyl (C=O) groups is 1. The number of rotatable bonds is 6. The molecule has 7 nitrogen and oxygen atoms in total. The summed E-state index contributed by atoms with van der Waals surface area (Å²) in [5.41, 5.74) is 4.92. The van der Waals surface area contributed by atoms with Gasteiger partial charge >= 0.3 is 0 Å². The van der Waals surface area contributed by atoms with Crippen LogP contribution in [0.25, 0.3) is 0 Å². The molecule has 0 aliphatic carbocycles. The first kappa shape index (κ1) is 15.3. The zero-order valence-electron chi connectivity index (χ0n) is 8.96. The summed E-state index contributed by atoms with van der Waals surface area (Å²) in [6, 6.07) is 0.0247. The molecule has 0 fully saturated rings. The summed E-state index contributed by atoms with van der Waals surface area (Å²) in [6.45, 7) is -1.12. The van der Waals surface area contributed by atoms with Crippen LogP contribution >= 0.6 is 22.9 Å². The smallest absolute Gasteiger partial charge is 0.251 e. The first-order valence-corrected chi connectivity index (χ1v) is 7.32. The van der Waals surface area contributed by atoms with Crippen molar-refractivity contribution >= 4 is 38.9 Å². The van der Waals surface area contributed by atoms with Crippen molar-refractivity contribution in [3.63, 3.8) is 0 Å². The van der Waals surface area contributed by atoms with E-state index in [2.05, 4.69) is 4.72 Å². The van der Waals surface area contributed by atoms with Gasteiger partial charge in [0.25, 0.3) is 15.9 Å². The van der Waals surface area contributed by atoms with Crippen LogP contribution in [0, 0.1) is 0 Å². The van der Waals surface area contributed by atoms with Gasteiger partial charge in [0.15, 0.2) is 0 Å². The lowest BCUT2D eigenvalue weighted by atomic mass is 10.3. The molecule has 1 rings (SSSR count). The van der Waals surface area contributed by atoms with E-state index in [0.29, 0.717) is 11.3 Å². The Kier molecular flexibility index (Phi) is 5.08. The van der Waals surface area contributed by atoms with Crippen molar-refractivity contribution in [2.45, 2.75) is 10.3 Å². The predicted molar refractivity (Wildman–Crippen MR) is 66.1 cm³/mol. The van der Waals surface area contributed by atoms with Crippen LogP contribution in [0.4, 0.5) is 0 Å². The first-order chi connectivity index (χ1) is 8.31. The number of hydrogen-bond acceptors (Lipinski definition) is 6. The van der Waals surface area contributed by atoms with Crippen LogP contribution in [0.2, 0.25) is 4.34 Å². The molecule has 10 heteroatoms. The molecule has 0 aliphatic heterocycles. The van der Waals surface area contributed by atoms with Gasteiger partial charge in [-0.2, -0.15) is 0 Å². The number of amides is 1. The maximum Gasteiger partial charge on any atom is 0.251 e. The Bertz CT molecular complexity index is 538. The molecule has 18 heavy (non-hydrogen) atoms. The molecule has 0 radical (unpaired) electrons. The van der Waals surface area contributed by atoms with Gasteiger partial charge in [0.1, 0.15) is 8.55 Å². The van der Waals surface area contributed by atoms with Crippen molar-refractivity contribution in [3.05, 3.63) is 16.0 Å². The maximum atomic E-state index is 11.8. The highest BCUT2D eigenvalue weighted by molar-refractivity contribution is 7.91. The average molecular weight is 315 g/mol. The molecule has 0 atom stereocenters. The number of hydrogen-bond donors (Lipinski definition) is 4. The highest BCUT2D eigenvalue weighted by Gasteiger charge is 2.24. The number of halogens is 1. The molecule has 0 spiro atoms. The summed E-state index contributed by atoms with van der Waals surface area (Å²) in [7, 11) is -3.96. The second kappa shape index (κ2) is 5.95. The number of aliphatic hydroxyl groups excluding tert-OH is 2. The van der Waals surface area contributed by atoms with Crippen LogP contribution in [0.3, 0.4) is 0 Å². The minimum absolute atomic E-state index is 0.0348. The van der Waals surface area contributed by atoms with E-state index in [1.54, 1.807) is 0 Å². The zero-order valence-corrected chi connectivity index (χ0v) is 11.3. The van der Waals surface area contributed by atoms with Crippen molar-refractivity contribution in [1.82, 2.24) is 4.72 Å². The Hall–Kier alpha value is -0.710. The second-order valence-electron chi connectivity index (χ2n) is 3.30. The van der Waals surface area contributed by atoms with Gasteiger partial charge in [-0.25, -0.2) is 13.1 Å². The second-order valence-corrected chi connectivity index (χ2v) is 6.90. The summed E-state index contributed by atoms with van der Waals surface area (Å²) in [6.07, 6.45) is 0. The molecular weight excluding hydrogens is 304 g/mol. The van der Waals surface area contributed by atoms with E-state index in [9.17, 15) is 13.2 Å². The maximum absolute atomic E-state index is 11.8. The van der Waals surface area contributed by atoms with E-state index in [4.69, 9.17) is 27.5 Å². The van der Waals surface area contributed by atoms with Crippen LogP contribution < -0.4 is 10.5 Å². The fraction of sp³-hybridized carbons (Fsp3) is 0.375. The standard InChI is InChI=1S/C8H11ClN2O5S2/c9-7-5(8(10)14)1-6(17-7)18(15,16)11-4(2-12)3-13/h1,4,11-13H,2-3H2,(H2,10,14). The molecule has 1 heterocycles. The van der Waals surface area contributed by atoms with Gasteiger partial charge in [0, 0.05) is 0 Å². The lowest BCUT2D eigenvalue weighted by molar-refractivity contribution is 0.100. The summed E-state index contributed by atoms with van der Waals surface area (Å²) in [5.74, 6) is -0.835. The van der Waals surface area contributed by atoms with Gasteiger partial charge in [-0.1, -0.05) is 11.6 Å². The largest absolute Gasteiger partial charge is 0.395 e. The topological polar surface area (TPSA) is 130 Å². The van der Waals surface area contributed by atoms with E-state index < -0.39 is 35.2 Å². The summed E-state index contributed by atoms with van der Waals surface area (Å²) < 4.78 is 25.4. The number of nitrogens with two attached hydrogens (primary N) is 1. The Morgan fingerprint density at radius 1 is 1.50 bits per heavy atom. The van der Waals surface area contributed by atoms with Gasteiger partial charge in [-0.15, -0.1) is 11.3 Å². The van der Waals surface area contributed by atoms with Crippen molar-refractivity contribution in [3.8, 4) is 0 Å². The number of carbonyl (C=O) groups excluding carboxylic acids is 1. The molecule has 0 saturated carbocycles. The zero-order chi connectivity index (χ0) is 13.9. The van der Waals surface area contributed by atoms with Gasteiger partial charge in [0.2, 0.25) is 0 Å². The minimum Gasteiger partial charge on any atom is -0.395 e. The fourth-order valence-electron chi connectivity index (χ4n) is 1.06. The highest BCUT2D eigenvalue weighted by atomic mass is 35.5. The molecule has 0 saturated heterocycles. The molecule has 0 unspecified atom stereocenters. The molecule has 0 aliphatic rings. The molecule has 1 amide bonds. The normalized spacial score (nSPS) is 12.0. The Labute approximate surface area is 112 Å². The summed E-state index contributed by atoms with van der Waals surface area (Å²) >= 11 is 6.34. The SMILES string of the molecule is NC(=O)c1cc(S(=O)(=O)NC(CO)CO)sc1Cl. The molecule has 0 bridgehead atoms. The third-order valence-electron chi connectivity index (χ3n) is 1.96. The Balaban J connectivity index is 3.06.